The van der Waals surface area contributed by atoms with Crippen LogP contribution in [0.3, 0.4) is 0 Å². The maximum atomic E-state index is 10.6. The van der Waals surface area contributed by atoms with Crippen LogP contribution in [0.1, 0.15) is 17.3 Å². The van der Waals surface area contributed by atoms with E-state index in [1.54, 1.807) is 6.92 Å². The molecular formula is C13H18O9S. The van der Waals surface area contributed by atoms with E-state index in [-0.39, 0.29) is 5.78 Å². The number of carbonyl (C=O) groups excluding carboxylic acids is 1. The largest absolute Gasteiger partial charge is 0.387 e. The number of ether oxygens (including phenoxy) is 1. The lowest BCUT2D eigenvalue weighted by Gasteiger charge is -2.36. The molecule has 5 atom stereocenters. The molecule has 1 aromatic carbocycles. The average Bonchev–Trinajstić information content (AvgIpc) is 2.49. The molecule has 0 radical (unpaired) electrons. The second-order valence-electron chi connectivity index (χ2n) is 4.80. The first-order chi connectivity index (χ1) is 10.6. The fraction of sp³-hybridized carbons (Fsp3) is 0.462. The minimum Gasteiger partial charge on any atom is -0.387 e. The Morgan fingerprint density at radius 3 is 1.91 bits per heavy atom. The molecule has 9 nitrogen and oxygen atoms in total. The SMILES string of the molecule is CC(=O)c1ccccc1.O=S(=O)(O)C1O[C@@H](O)[C@H](O)[C@@H](O)[C@@H]1O. The predicted molar refractivity (Wildman–Crippen MR) is 76.9 cm³/mol. The molecule has 0 saturated carbocycles. The quantitative estimate of drug-likeness (QED) is 0.316. The number of hydrogen-bond donors (Lipinski definition) is 5. The summed E-state index contributed by atoms with van der Waals surface area (Å²) in [5, 5.41) is 35.9. The van der Waals surface area contributed by atoms with Crippen LogP contribution in [0.25, 0.3) is 0 Å². The highest BCUT2D eigenvalue weighted by Crippen LogP contribution is 2.22. The van der Waals surface area contributed by atoms with Gasteiger partial charge in [-0.15, -0.1) is 0 Å². The Bertz CT molecular complexity index is 616. The molecule has 1 unspecified atom stereocenters. The van der Waals surface area contributed by atoms with Gasteiger partial charge >= 0.3 is 0 Å². The Morgan fingerprint density at radius 1 is 1.00 bits per heavy atom. The summed E-state index contributed by atoms with van der Waals surface area (Å²) in [5.74, 6) is 0.121. The molecule has 0 aliphatic carbocycles. The van der Waals surface area contributed by atoms with Gasteiger partial charge in [-0.05, 0) is 6.92 Å². The van der Waals surface area contributed by atoms with E-state index >= 15 is 0 Å². The molecule has 0 amide bonds. The Hall–Kier alpha value is -1.40. The van der Waals surface area contributed by atoms with E-state index in [1.165, 1.54) is 0 Å². The highest BCUT2D eigenvalue weighted by molar-refractivity contribution is 7.86. The lowest BCUT2D eigenvalue weighted by molar-refractivity contribution is -0.264. The fourth-order valence-corrected chi connectivity index (χ4v) is 2.52. The second-order valence-corrected chi connectivity index (χ2v) is 6.30. The number of carbonyl (C=O) groups is 1. The van der Waals surface area contributed by atoms with E-state index < -0.39 is 40.2 Å². The molecule has 1 aliphatic heterocycles. The van der Waals surface area contributed by atoms with Crippen LogP contribution in [0.4, 0.5) is 0 Å². The highest BCUT2D eigenvalue weighted by Gasteiger charge is 2.48. The smallest absolute Gasteiger partial charge is 0.295 e. The molecule has 1 aliphatic rings. The standard InChI is InChI=1S/C8H8O.C5H10O8S/c1-7(9)8-5-3-2-4-6-8;6-1-2(7)4(9)13-5(3(1)8)14(10,11)12/h2-6H,1H3;1-9H,(H,10,11,12)/t;1-,2-,3+,4-,5?/m.1/s1. The Morgan fingerprint density at radius 2 is 1.52 bits per heavy atom. The van der Waals surface area contributed by atoms with Gasteiger partial charge in [-0.25, -0.2) is 0 Å². The Labute approximate surface area is 132 Å². The van der Waals surface area contributed by atoms with E-state index in [0.29, 0.717) is 0 Å². The van der Waals surface area contributed by atoms with E-state index in [1.807, 2.05) is 30.3 Å². The number of Topliss-reactive ketones (excluding diaryl/α,β-unsaturated/α-hetero) is 1. The first-order valence-electron chi connectivity index (χ1n) is 6.45. The predicted octanol–water partition coefficient (Wildman–Crippen LogP) is -1.48. The molecule has 2 rings (SSSR count). The maximum Gasteiger partial charge on any atom is 0.295 e. The maximum absolute atomic E-state index is 10.6. The van der Waals surface area contributed by atoms with Crippen molar-refractivity contribution < 1.29 is 42.9 Å². The van der Waals surface area contributed by atoms with Gasteiger partial charge < -0.3 is 25.2 Å². The van der Waals surface area contributed by atoms with E-state index in [0.717, 1.165) is 5.56 Å². The summed E-state index contributed by atoms with van der Waals surface area (Å²) in [4.78, 5) is 10.6. The molecule has 130 valence electrons. The first kappa shape index (κ1) is 19.6. The molecular weight excluding hydrogens is 332 g/mol. The second kappa shape index (κ2) is 7.93. The summed E-state index contributed by atoms with van der Waals surface area (Å²) >= 11 is 0. The number of aliphatic hydroxyl groups excluding tert-OH is 4. The zero-order valence-corrected chi connectivity index (χ0v) is 12.9. The third-order valence-electron chi connectivity index (χ3n) is 3.02. The van der Waals surface area contributed by atoms with Crippen molar-refractivity contribution in [2.45, 2.75) is 37.0 Å². The van der Waals surface area contributed by atoms with Crippen LogP contribution in [-0.4, -0.2) is 69.2 Å². The lowest BCUT2D eigenvalue weighted by atomic mass is 10.1. The van der Waals surface area contributed by atoms with Crippen LogP contribution >= 0.6 is 0 Å². The van der Waals surface area contributed by atoms with E-state index in [9.17, 15) is 13.2 Å². The van der Waals surface area contributed by atoms with Gasteiger partial charge in [-0.2, -0.15) is 8.42 Å². The Balaban J connectivity index is 0.000000253. The topological polar surface area (TPSA) is 162 Å². The Kier molecular flexibility index (Phi) is 6.77. The van der Waals surface area contributed by atoms with Crippen molar-refractivity contribution in [3.8, 4) is 0 Å². The number of benzene rings is 1. The van der Waals surface area contributed by atoms with Crippen LogP contribution in [0.5, 0.6) is 0 Å². The number of rotatable bonds is 2. The minimum absolute atomic E-state index is 0.121. The summed E-state index contributed by atoms with van der Waals surface area (Å²) in [6.45, 7) is 1.56. The van der Waals surface area contributed by atoms with Gasteiger partial charge in [0.25, 0.3) is 10.1 Å². The molecule has 1 fully saturated rings. The summed E-state index contributed by atoms with van der Waals surface area (Å²) in [6.07, 6.45) is -7.75. The van der Waals surface area contributed by atoms with Crippen molar-refractivity contribution in [1.29, 1.82) is 0 Å². The molecule has 0 bridgehead atoms. The molecule has 0 spiro atoms. The third-order valence-corrected chi connectivity index (χ3v) is 4.00. The van der Waals surface area contributed by atoms with Crippen molar-refractivity contribution >= 4 is 15.9 Å². The number of aliphatic hydroxyl groups is 4. The normalized spacial score (nSPS) is 31.0. The number of hydrogen-bond acceptors (Lipinski definition) is 8. The number of ketones is 1. The molecule has 5 N–H and O–H groups in total. The van der Waals surface area contributed by atoms with Gasteiger partial charge in [0.05, 0.1) is 0 Å². The van der Waals surface area contributed by atoms with Gasteiger partial charge in [0.1, 0.15) is 18.3 Å². The van der Waals surface area contributed by atoms with Crippen LogP contribution in [0.2, 0.25) is 0 Å². The molecule has 1 heterocycles. The van der Waals surface area contributed by atoms with Crippen LogP contribution in [0.15, 0.2) is 30.3 Å². The molecule has 0 aromatic heterocycles. The summed E-state index contributed by atoms with van der Waals surface area (Å²) in [7, 11) is -4.77. The molecule has 10 heteroatoms. The summed E-state index contributed by atoms with van der Waals surface area (Å²) < 4.78 is 33.8. The van der Waals surface area contributed by atoms with Crippen LogP contribution in [-0.2, 0) is 14.9 Å². The third kappa shape index (κ3) is 5.32. The zero-order valence-electron chi connectivity index (χ0n) is 12.1. The summed E-state index contributed by atoms with van der Waals surface area (Å²) in [5.41, 5.74) is -1.39. The zero-order chi connectivity index (χ0) is 17.8. The van der Waals surface area contributed by atoms with Gasteiger partial charge in [0.2, 0.25) is 5.44 Å². The average molecular weight is 350 g/mol. The minimum atomic E-state index is -4.77. The molecule has 1 aromatic rings. The lowest BCUT2D eigenvalue weighted by Crippen LogP contribution is -2.59. The van der Waals surface area contributed by atoms with Gasteiger partial charge in [0, 0.05) is 5.56 Å². The van der Waals surface area contributed by atoms with Crippen LogP contribution < -0.4 is 0 Å². The molecule has 23 heavy (non-hydrogen) atoms. The molecule has 1 saturated heterocycles. The van der Waals surface area contributed by atoms with Crippen molar-refractivity contribution in [3.63, 3.8) is 0 Å². The van der Waals surface area contributed by atoms with E-state index in [4.69, 9.17) is 25.0 Å². The summed E-state index contributed by atoms with van der Waals surface area (Å²) in [6, 6.07) is 9.23. The van der Waals surface area contributed by atoms with Gasteiger partial charge in [-0.1, -0.05) is 30.3 Å². The van der Waals surface area contributed by atoms with E-state index in [2.05, 4.69) is 4.74 Å². The monoisotopic (exact) mass is 350 g/mol. The van der Waals surface area contributed by atoms with Gasteiger partial charge in [0.15, 0.2) is 12.1 Å². The van der Waals surface area contributed by atoms with Gasteiger partial charge in [-0.3, -0.25) is 9.35 Å². The van der Waals surface area contributed by atoms with Crippen molar-refractivity contribution in [2.75, 3.05) is 0 Å². The van der Waals surface area contributed by atoms with Crippen molar-refractivity contribution in [2.24, 2.45) is 0 Å². The fourth-order valence-electron chi connectivity index (χ4n) is 1.75. The first-order valence-corrected chi connectivity index (χ1v) is 7.96. The van der Waals surface area contributed by atoms with Crippen molar-refractivity contribution in [3.05, 3.63) is 35.9 Å². The highest BCUT2D eigenvalue weighted by atomic mass is 32.2. The van der Waals surface area contributed by atoms with Crippen molar-refractivity contribution in [1.82, 2.24) is 0 Å². The van der Waals surface area contributed by atoms with Crippen LogP contribution in [0, 0.1) is 0 Å².